The van der Waals surface area contributed by atoms with Gasteiger partial charge in [0.15, 0.2) is 11.6 Å². The topological polar surface area (TPSA) is 370 Å². The Morgan fingerprint density at radius 3 is 0.892 bits per heavy atom. The number of fused-ring (bicyclic) bond motifs is 6. The Balaban J connectivity index is 0.000000405. The number of halogens is 4. The Morgan fingerprint density at radius 2 is 0.608 bits per heavy atom. The van der Waals surface area contributed by atoms with Crippen molar-refractivity contribution in [2.24, 2.45) is 0 Å². The summed E-state index contributed by atoms with van der Waals surface area (Å²) < 4.78 is 168. The highest BCUT2D eigenvalue weighted by Crippen LogP contribution is 2.31. The van der Waals surface area contributed by atoms with Crippen LogP contribution in [0.4, 0.5) is 29.2 Å². The van der Waals surface area contributed by atoms with E-state index in [1.54, 1.807) is 6.92 Å². The number of ketones is 1. The van der Waals surface area contributed by atoms with Crippen LogP contribution in [-0.2, 0) is 130 Å². The maximum atomic E-state index is 13.6. The van der Waals surface area contributed by atoms with Crippen LogP contribution in [0.15, 0.2) is 42.5 Å². The molecule has 0 aliphatic carbocycles. The van der Waals surface area contributed by atoms with Crippen molar-refractivity contribution >= 4 is 67.3 Å². The largest absolute Gasteiger partial charge is 0.420 e. The van der Waals surface area contributed by atoms with Gasteiger partial charge >= 0.3 is 5.97 Å². The number of aryl methyl sites for hydroxylation is 4. The second kappa shape index (κ2) is 73.4. The molecule has 4 aromatic heterocycles. The Morgan fingerprint density at radius 1 is 0.331 bits per heavy atom. The van der Waals surface area contributed by atoms with Crippen molar-refractivity contribution < 1.29 is 127 Å². The molecule has 3 aromatic carbocycles. The lowest BCUT2D eigenvalue weighted by Gasteiger charge is -2.16. The Bertz CT molecular complexity index is 4050. The summed E-state index contributed by atoms with van der Waals surface area (Å²) in [5, 5.41) is 2.14. The van der Waals surface area contributed by atoms with Gasteiger partial charge in [0.1, 0.15) is 51.1 Å². The normalized spacial score (nSPS) is 11.8. The van der Waals surface area contributed by atoms with E-state index in [0.717, 1.165) is 165 Å². The van der Waals surface area contributed by atoms with Crippen molar-refractivity contribution in [3.05, 3.63) is 88.5 Å². The number of unbranched alkanes of at least 4 members (excludes halogenated alkanes) is 6. The predicted molar refractivity (Wildman–Crippen MR) is 487 cm³/mol. The van der Waals surface area contributed by atoms with Crippen LogP contribution in [0.25, 0.3) is 43.9 Å². The fourth-order valence-corrected chi connectivity index (χ4v) is 12.7. The highest BCUT2D eigenvalue weighted by molar-refractivity contribution is 6.07. The summed E-state index contributed by atoms with van der Waals surface area (Å²) >= 11 is 0. The summed E-state index contributed by atoms with van der Waals surface area (Å²) in [6.07, 6.45) is 15.3. The average molecular weight is 1850 g/mol. The number of nitrogens with one attached hydrogen (secondary N) is 2. The van der Waals surface area contributed by atoms with E-state index in [1.165, 1.54) is 17.5 Å². The van der Waals surface area contributed by atoms with E-state index in [9.17, 15) is 27.2 Å². The monoisotopic (exact) mass is 1850 g/mol. The van der Waals surface area contributed by atoms with Crippen molar-refractivity contribution in [3.63, 3.8) is 0 Å². The third-order valence-corrected chi connectivity index (χ3v) is 19.9. The number of hydrogen-bond acceptors (Lipinski definition) is 31. The van der Waals surface area contributed by atoms with Crippen LogP contribution in [0.1, 0.15) is 121 Å². The molecule has 0 aliphatic rings. The zero-order chi connectivity index (χ0) is 92.7. The van der Waals surface area contributed by atoms with Crippen LogP contribution in [0.2, 0.25) is 0 Å². The molecule has 736 valence electrons. The molecule has 0 unspecified atom stereocenters. The van der Waals surface area contributed by atoms with Crippen molar-refractivity contribution in [1.29, 1.82) is 0 Å². The quantitative estimate of drug-likeness (QED) is 0.00904. The minimum absolute atomic E-state index is 0.0204. The van der Waals surface area contributed by atoms with Gasteiger partial charge in [-0.05, 0) is 121 Å². The standard InChI is InChI=1S/C49H73F4N5O12.C44H75N5O11/c1-3-4-9-42-56-46-38-35-37(10-11-41(38)55-49(54)47(46)57-42)8-6-5-7-13-58(2)14-16-61-18-20-63-22-24-65-26-28-67-30-32-69-34-33-68-31-29-66-27-25-64-23-21-62-19-17-60-15-12-43(59)70-48-44(52)39(50)36-40(51)45(48)53;1-4-5-10-41-47-42-39-36-38(11-12-40(39)46-44(45)43(42)48-41)9-7-6-8-14-49(3)15-17-52-19-21-54-23-25-56-27-29-58-31-33-60-35-34-59-32-30-57-28-26-55-24-22-53-20-18-51-16-13-37(2)50/h10-11,35-36H,3-9,12-34H2,1-2H3,(H2,54,55)(H,56,57);11-12,36H,4-10,13-35H2,1-3H3,(H2,45,46)(H,47,48). The van der Waals surface area contributed by atoms with Crippen LogP contribution in [0.5, 0.6) is 5.75 Å². The Kier molecular flexibility index (Phi) is 63.1. The minimum Gasteiger partial charge on any atom is -0.420 e. The fraction of sp³-hybridized carbons (Fsp3) is 0.699. The van der Waals surface area contributed by atoms with Crippen molar-refractivity contribution in [1.82, 2.24) is 39.7 Å². The van der Waals surface area contributed by atoms with Gasteiger partial charge in [0, 0.05) is 49.2 Å². The summed E-state index contributed by atoms with van der Waals surface area (Å²) in [4.78, 5) is 52.9. The second-order valence-electron chi connectivity index (χ2n) is 30.7. The lowest BCUT2D eigenvalue weighted by atomic mass is 10.0. The number of rotatable bonds is 85. The molecule has 0 aliphatic heterocycles. The molecule has 0 amide bonds. The number of benzene rings is 3. The van der Waals surface area contributed by atoms with Crippen molar-refractivity contribution in [2.45, 2.75) is 124 Å². The molecule has 0 spiro atoms. The molecule has 0 bridgehead atoms. The van der Waals surface area contributed by atoms with Gasteiger partial charge in [-0.3, -0.25) is 9.59 Å². The van der Waals surface area contributed by atoms with Gasteiger partial charge in [-0.2, -0.15) is 8.78 Å². The lowest BCUT2D eigenvalue weighted by molar-refractivity contribution is -0.136. The highest BCUT2D eigenvalue weighted by atomic mass is 19.2. The van der Waals surface area contributed by atoms with Crippen LogP contribution < -0.4 is 16.2 Å². The number of aromatic nitrogens is 6. The number of esters is 1. The molecular weight excluding hydrogens is 1700 g/mol. The van der Waals surface area contributed by atoms with Gasteiger partial charge in [-0.25, -0.2) is 28.7 Å². The van der Waals surface area contributed by atoms with Crippen LogP contribution >= 0.6 is 0 Å². The molecule has 33 nitrogen and oxygen atoms in total. The first-order valence-electron chi connectivity index (χ1n) is 46.2. The number of aromatic amines is 2. The number of carbonyl (C=O) groups excluding carboxylic acids is 2. The summed E-state index contributed by atoms with van der Waals surface area (Å²) in [6.45, 7) is 28.0. The van der Waals surface area contributed by atoms with E-state index in [1.807, 2.05) is 0 Å². The SMILES string of the molecule is CCCCc1nc2c([nH]1)c(N)nc1ccc(CCCCCN(C)CCOCCOCCOCCOCCOCCOCCOCCOCCOCCOCCC(=O)Oc3c(F)c(F)cc(F)c3F)cc12.CCCCc1nc2c([nH]1)c(N)nc1ccc(CCCCCN(C)CCOCCOCCOCCOCCOCCOCCOCCOCCOCCOCCC(C)=O)cc12. The van der Waals surface area contributed by atoms with Crippen molar-refractivity contribution in [3.8, 4) is 5.75 Å². The van der Waals surface area contributed by atoms with Gasteiger partial charge in [-0.1, -0.05) is 51.7 Å². The maximum Gasteiger partial charge on any atom is 0.313 e. The van der Waals surface area contributed by atoms with E-state index in [-0.39, 0.29) is 31.7 Å². The zero-order valence-corrected chi connectivity index (χ0v) is 77.7. The highest BCUT2D eigenvalue weighted by Gasteiger charge is 2.24. The predicted octanol–water partition coefficient (Wildman–Crippen LogP) is 11.2. The van der Waals surface area contributed by atoms with E-state index in [4.69, 9.17) is 116 Å². The van der Waals surface area contributed by atoms with Gasteiger partial charge in [0.2, 0.25) is 17.4 Å². The van der Waals surface area contributed by atoms with E-state index >= 15 is 0 Å². The minimum atomic E-state index is -1.79. The average Bonchev–Trinajstić information content (AvgIpc) is 1.63. The molecule has 7 aromatic rings. The molecule has 0 saturated heterocycles. The Labute approximate surface area is 764 Å². The van der Waals surface area contributed by atoms with E-state index in [2.05, 4.69) is 98.8 Å². The first-order chi connectivity index (χ1) is 63.6. The lowest BCUT2D eigenvalue weighted by Crippen LogP contribution is -2.25. The fourth-order valence-electron chi connectivity index (χ4n) is 12.7. The molecule has 4 heterocycles. The van der Waals surface area contributed by atoms with Crippen LogP contribution in [0.3, 0.4) is 0 Å². The van der Waals surface area contributed by atoms with Gasteiger partial charge < -0.3 is 131 Å². The van der Waals surface area contributed by atoms with Crippen LogP contribution in [0, 0.1) is 23.3 Å². The first kappa shape index (κ1) is 112. The summed E-state index contributed by atoms with van der Waals surface area (Å²) in [6, 6.07) is 13.0. The van der Waals surface area contributed by atoms with Crippen molar-refractivity contribution in [2.75, 3.05) is 316 Å². The first-order valence-corrected chi connectivity index (χ1v) is 46.2. The number of hydrogen-bond donors (Lipinski definition) is 4. The smallest absolute Gasteiger partial charge is 0.313 e. The number of likely N-dealkylation sites (N-methyl/N-ethyl adjacent to an activating group) is 2. The number of nitrogen functional groups attached to an aromatic ring is 2. The number of carbonyl (C=O) groups is 2. The number of ether oxygens (including phenoxy) is 21. The summed E-state index contributed by atoms with van der Waals surface area (Å²) in [7, 11) is 4.28. The Hall–Kier alpha value is -7.00. The van der Waals surface area contributed by atoms with Crippen LogP contribution in [-0.4, -0.2) is 356 Å². The molecular formula is C93H148F4N10O23. The number of nitrogens with two attached hydrogens (primary N) is 2. The van der Waals surface area contributed by atoms with Gasteiger partial charge in [0.05, 0.1) is 282 Å². The molecule has 0 atom stereocenters. The molecule has 6 N–H and O–H groups in total. The number of Topliss-reactive ketones (excluding diaryl/α,β-unsaturated/α-hetero) is 1. The van der Waals surface area contributed by atoms with E-state index < -0.39 is 41.4 Å². The van der Waals surface area contributed by atoms with Gasteiger partial charge in [0.25, 0.3) is 0 Å². The third kappa shape index (κ3) is 50.9. The number of imidazole rings is 2. The van der Waals surface area contributed by atoms with E-state index in [0.29, 0.717) is 263 Å². The molecule has 7 rings (SSSR count). The summed E-state index contributed by atoms with van der Waals surface area (Å²) in [5.74, 6) is -6.38. The maximum absolute atomic E-state index is 13.6. The number of H-pyrrole nitrogens is 2. The second-order valence-corrected chi connectivity index (χ2v) is 30.7. The summed E-state index contributed by atoms with van der Waals surface area (Å²) in [5.41, 5.74) is 20.4. The number of nitrogens with zero attached hydrogens (tertiary/aromatic N) is 6. The molecule has 37 heteroatoms. The number of anilines is 2. The van der Waals surface area contributed by atoms with Gasteiger partial charge in [-0.15, -0.1) is 0 Å². The molecule has 0 fully saturated rings. The zero-order valence-electron chi connectivity index (χ0n) is 77.7. The number of pyridine rings is 2. The third-order valence-electron chi connectivity index (χ3n) is 19.9. The molecule has 0 radical (unpaired) electrons. The molecule has 0 saturated carbocycles. The molecule has 130 heavy (non-hydrogen) atoms.